The van der Waals surface area contributed by atoms with Crippen molar-refractivity contribution < 1.29 is 58.5 Å². The molecule has 13 N–H and O–H groups in total. The summed E-state index contributed by atoms with van der Waals surface area (Å²) in [6.45, 7) is 10.4. The van der Waals surface area contributed by atoms with Gasteiger partial charge in [0.1, 0.15) is 48.3 Å². The average Bonchev–Trinajstić information content (AvgIpc) is 3.60. The molecule has 0 aliphatic carbocycles. The maximum atomic E-state index is 13.6. The van der Waals surface area contributed by atoms with Crippen LogP contribution in [0.15, 0.2) is 0 Å². The summed E-state index contributed by atoms with van der Waals surface area (Å²) in [5.74, 6) is -8.07. The molecule has 1 rings (SSSR count). The van der Waals surface area contributed by atoms with Gasteiger partial charge in [0.2, 0.25) is 47.3 Å². The van der Waals surface area contributed by atoms with Gasteiger partial charge in [0, 0.05) is 13.0 Å². The Morgan fingerprint density at radius 2 is 1.20 bits per heavy atom. The topological polar surface area (TPSA) is 342 Å². The summed E-state index contributed by atoms with van der Waals surface area (Å²) in [5.41, 5.74) is 11.0. The van der Waals surface area contributed by atoms with Gasteiger partial charge in [-0.3, -0.25) is 43.2 Å². The van der Waals surface area contributed by atoms with E-state index in [-0.39, 0.29) is 50.5 Å². The number of hydrogen-bond acceptors (Lipinski definition) is 12. The number of nitrogens with two attached hydrogens (primary N) is 2. The molecule has 8 amide bonds. The van der Waals surface area contributed by atoms with Gasteiger partial charge in [-0.1, -0.05) is 27.7 Å². The molecule has 0 aromatic carbocycles. The van der Waals surface area contributed by atoms with E-state index in [9.17, 15) is 53.4 Å². The van der Waals surface area contributed by atoms with Gasteiger partial charge < -0.3 is 63.6 Å². The molecular formula is C35H61N9O12. The Morgan fingerprint density at radius 3 is 1.66 bits per heavy atom. The second-order valence-electron chi connectivity index (χ2n) is 15.0. The van der Waals surface area contributed by atoms with Crippen molar-refractivity contribution in [2.24, 2.45) is 23.3 Å². The van der Waals surface area contributed by atoms with Gasteiger partial charge >= 0.3 is 5.97 Å². The number of carbonyl (C=O) groups is 9. The van der Waals surface area contributed by atoms with Crippen LogP contribution in [0.4, 0.5) is 0 Å². The zero-order valence-corrected chi connectivity index (χ0v) is 33.1. The van der Waals surface area contributed by atoms with Crippen LogP contribution in [0.5, 0.6) is 0 Å². The molecule has 56 heavy (non-hydrogen) atoms. The normalized spacial score (nSPS) is 18.3. The summed E-state index contributed by atoms with van der Waals surface area (Å²) >= 11 is 0. The first-order chi connectivity index (χ1) is 26.0. The Morgan fingerprint density at radius 1 is 0.696 bits per heavy atom. The van der Waals surface area contributed by atoms with Crippen LogP contribution in [0.1, 0.15) is 87.0 Å². The predicted octanol–water partition coefficient (Wildman–Crippen LogP) is -3.93. The molecule has 1 heterocycles. The number of carboxylic acid groups (broad SMARTS) is 1. The molecule has 318 valence electrons. The summed E-state index contributed by atoms with van der Waals surface area (Å²) in [4.78, 5) is 116. The fourth-order valence-electron chi connectivity index (χ4n) is 5.80. The molecule has 0 aromatic heterocycles. The van der Waals surface area contributed by atoms with Gasteiger partial charge in [0.05, 0.1) is 12.7 Å². The van der Waals surface area contributed by atoms with E-state index >= 15 is 0 Å². The van der Waals surface area contributed by atoms with Crippen LogP contribution in [0.25, 0.3) is 0 Å². The van der Waals surface area contributed by atoms with Gasteiger partial charge in [-0.2, -0.15) is 0 Å². The molecule has 1 aliphatic heterocycles. The van der Waals surface area contributed by atoms with Crippen molar-refractivity contribution in [1.29, 1.82) is 0 Å². The Labute approximate surface area is 326 Å². The maximum Gasteiger partial charge on any atom is 0.325 e. The number of nitrogens with one attached hydrogen (secondary N) is 6. The van der Waals surface area contributed by atoms with Gasteiger partial charge in [-0.05, 0) is 64.7 Å². The van der Waals surface area contributed by atoms with Crippen LogP contribution >= 0.6 is 0 Å². The Balaban J connectivity index is 3.13. The second-order valence-corrected chi connectivity index (χ2v) is 15.0. The standard InChI is InChI=1S/C35H61N9O12/c1-16(2)13-23(41-29(49)22(10-11-26(37)47)40-32(52)25-9-8-12-44(25)34(54)21(36)15-45)30(50)38-18(5)28(48)43-27(20(7)46)33(53)42-24(14-17(3)4)31(51)39-19(6)35(55)56/h16-25,27,45-46H,8-15,36H2,1-7H3,(H2,37,47)(H,38,50)(H,39,51)(H,40,52)(H,41,49)(H,42,53)(H,43,48)(H,55,56)/t18-,19-,20+,21-,22-,23-,24-,25-,27-/m0/s1. The fraction of sp³-hybridized carbons (Fsp3) is 0.743. The highest BCUT2D eigenvalue weighted by Gasteiger charge is 2.38. The van der Waals surface area contributed by atoms with Crippen molar-refractivity contribution in [2.45, 2.75) is 141 Å². The molecule has 0 saturated carbocycles. The van der Waals surface area contributed by atoms with Crippen LogP contribution in [-0.4, -0.2) is 141 Å². The highest BCUT2D eigenvalue weighted by Crippen LogP contribution is 2.19. The minimum Gasteiger partial charge on any atom is -0.480 e. The summed E-state index contributed by atoms with van der Waals surface area (Å²) in [6, 6.07) is -10.3. The van der Waals surface area contributed by atoms with Crippen LogP contribution in [0.3, 0.4) is 0 Å². The first-order valence-electron chi connectivity index (χ1n) is 18.7. The maximum absolute atomic E-state index is 13.6. The van der Waals surface area contributed by atoms with E-state index in [0.29, 0.717) is 6.42 Å². The number of carboxylic acids is 1. The first-order valence-corrected chi connectivity index (χ1v) is 18.7. The van der Waals surface area contributed by atoms with Crippen molar-refractivity contribution >= 4 is 53.2 Å². The molecule has 0 unspecified atom stereocenters. The number of aliphatic hydroxyl groups is 2. The monoisotopic (exact) mass is 799 g/mol. The molecule has 1 saturated heterocycles. The second kappa shape index (κ2) is 23.2. The van der Waals surface area contributed by atoms with E-state index in [4.69, 9.17) is 16.6 Å². The molecule has 21 nitrogen and oxygen atoms in total. The first kappa shape index (κ1) is 49.1. The van der Waals surface area contributed by atoms with E-state index < -0.39 is 114 Å². The molecule has 0 aromatic rings. The molecule has 21 heteroatoms. The zero-order chi connectivity index (χ0) is 43.0. The van der Waals surface area contributed by atoms with E-state index in [1.165, 1.54) is 25.7 Å². The Hall–Kier alpha value is -4.89. The Bertz CT molecular complexity index is 1430. The molecule has 1 fully saturated rings. The van der Waals surface area contributed by atoms with E-state index in [0.717, 1.165) is 0 Å². The van der Waals surface area contributed by atoms with Crippen molar-refractivity contribution in [2.75, 3.05) is 13.2 Å². The largest absolute Gasteiger partial charge is 0.480 e. The lowest BCUT2D eigenvalue weighted by Gasteiger charge is -2.29. The van der Waals surface area contributed by atoms with E-state index in [1.54, 1.807) is 27.7 Å². The molecule has 0 bridgehead atoms. The van der Waals surface area contributed by atoms with Gasteiger partial charge in [0.25, 0.3) is 0 Å². The van der Waals surface area contributed by atoms with Gasteiger partial charge in [0.15, 0.2) is 0 Å². The highest BCUT2D eigenvalue weighted by atomic mass is 16.4. The number of carbonyl (C=O) groups excluding carboxylic acids is 8. The molecular weight excluding hydrogens is 738 g/mol. The predicted molar refractivity (Wildman–Crippen MR) is 199 cm³/mol. The smallest absolute Gasteiger partial charge is 0.325 e. The minimum absolute atomic E-state index is 0.0604. The number of rotatable bonds is 23. The summed E-state index contributed by atoms with van der Waals surface area (Å²) in [6.07, 6.45) is -1.19. The van der Waals surface area contributed by atoms with Crippen LogP contribution < -0.4 is 43.4 Å². The number of primary amides is 1. The summed E-state index contributed by atoms with van der Waals surface area (Å²) in [7, 11) is 0. The highest BCUT2D eigenvalue weighted by molar-refractivity contribution is 5.97. The molecule has 0 radical (unpaired) electrons. The van der Waals surface area contributed by atoms with Crippen LogP contribution in [-0.2, 0) is 43.2 Å². The number of amides is 8. The SMILES string of the molecule is CC(C)C[C@H](NC(=O)[C@H](CCC(N)=O)NC(=O)[C@@H]1CCCN1C(=O)[C@@H](N)CO)C(=O)N[C@@H](C)C(=O)N[C@H](C(=O)N[C@@H](CC(C)C)C(=O)N[C@@H](C)C(=O)O)[C@@H](C)O. The van der Waals surface area contributed by atoms with Crippen molar-refractivity contribution in [3.8, 4) is 0 Å². The van der Waals surface area contributed by atoms with Crippen LogP contribution in [0, 0.1) is 11.8 Å². The third-order valence-electron chi connectivity index (χ3n) is 8.89. The number of nitrogens with zero attached hydrogens (tertiary/aromatic N) is 1. The van der Waals surface area contributed by atoms with Crippen molar-refractivity contribution in [3.05, 3.63) is 0 Å². The third kappa shape index (κ3) is 16.1. The Kier molecular flexibility index (Phi) is 20.4. The average molecular weight is 800 g/mol. The van der Waals surface area contributed by atoms with Gasteiger partial charge in [-0.15, -0.1) is 0 Å². The van der Waals surface area contributed by atoms with Gasteiger partial charge in [-0.25, -0.2) is 0 Å². The lowest BCUT2D eigenvalue weighted by atomic mass is 10.0. The number of likely N-dealkylation sites (tertiary alicyclic amines) is 1. The van der Waals surface area contributed by atoms with E-state index in [1.807, 2.05) is 0 Å². The number of aliphatic hydroxyl groups excluding tert-OH is 2. The van der Waals surface area contributed by atoms with Crippen molar-refractivity contribution in [1.82, 2.24) is 36.8 Å². The summed E-state index contributed by atoms with van der Waals surface area (Å²) < 4.78 is 0. The number of aliphatic carboxylic acids is 1. The fourth-order valence-corrected chi connectivity index (χ4v) is 5.80. The quantitative estimate of drug-likeness (QED) is 0.0471. The van der Waals surface area contributed by atoms with Crippen LogP contribution in [0.2, 0.25) is 0 Å². The molecule has 1 aliphatic rings. The zero-order valence-electron chi connectivity index (χ0n) is 33.1. The van der Waals surface area contributed by atoms with E-state index in [2.05, 4.69) is 31.9 Å². The lowest BCUT2D eigenvalue weighted by Crippen LogP contribution is -2.61. The summed E-state index contributed by atoms with van der Waals surface area (Å²) in [5, 5.41) is 43.5. The number of hydrogen-bond donors (Lipinski definition) is 11. The molecule has 0 spiro atoms. The molecule has 9 atom stereocenters. The lowest BCUT2D eigenvalue weighted by molar-refractivity contribution is -0.142. The van der Waals surface area contributed by atoms with Crippen molar-refractivity contribution in [3.63, 3.8) is 0 Å². The minimum atomic E-state index is -1.60. The third-order valence-corrected chi connectivity index (χ3v) is 8.89.